The van der Waals surface area contributed by atoms with Crippen LogP contribution < -0.4 is 5.32 Å². The van der Waals surface area contributed by atoms with Crippen molar-refractivity contribution in [2.45, 2.75) is 26.4 Å². The number of nitrogens with zero attached hydrogens (tertiary/aromatic N) is 3. The number of nitrogens with one attached hydrogen (secondary N) is 1. The first-order valence-electron chi connectivity index (χ1n) is 6.98. The smallest absolute Gasteiger partial charge is 0.133 e. The first-order valence-corrected chi connectivity index (χ1v) is 6.98. The van der Waals surface area contributed by atoms with Crippen LogP contribution in [0.15, 0.2) is 53.3 Å². The molecule has 0 amide bonds. The van der Waals surface area contributed by atoms with Crippen molar-refractivity contribution in [3.8, 4) is 5.69 Å². The molecule has 1 atom stereocenters. The highest BCUT2D eigenvalue weighted by Gasteiger charge is 2.08. The minimum atomic E-state index is 0.220. The number of aromatic nitrogens is 3. The van der Waals surface area contributed by atoms with E-state index < -0.39 is 0 Å². The summed E-state index contributed by atoms with van der Waals surface area (Å²) in [5, 5.41) is 11.7. The molecule has 0 bridgehead atoms. The fourth-order valence-electron chi connectivity index (χ4n) is 2.23. The van der Waals surface area contributed by atoms with E-state index in [1.54, 1.807) is 6.20 Å². The van der Waals surface area contributed by atoms with Crippen LogP contribution >= 0.6 is 0 Å². The standard InChI is InChI=1S/C16H18N4O/c1-12-9-15(19-21-12)11-17-13(2)14-5-3-6-16(10-14)20-8-4-7-18-20/h3-10,13,17H,11H2,1-2H3. The van der Waals surface area contributed by atoms with Crippen LogP contribution in [0.25, 0.3) is 5.69 Å². The Labute approximate surface area is 123 Å². The fraction of sp³-hybridized carbons (Fsp3) is 0.250. The van der Waals surface area contributed by atoms with E-state index in [1.807, 2.05) is 42.1 Å². The minimum Gasteiger partial charge on any atom is -0.361 e. The molecule has 0 aliphatic rings. The summed E-state index contributed by atoms with van der Waals surface area (Å²) in [4.78, 5) is 0. The highest BCUT2D eigenvalue weighted by Crippen LogP contribution is 2.17. The van der Waals surface area contributed by atoms with Gasteiger partial charge in [-0.25, -0.2) is 4.68 Å². The number of hydrogen-bond donors (Lipinski definition) is 1. The Bertz CT molecular complexity index is 703. The molecule has 2 aromatic heterocycles. The lowest BCUT2D eigenvalue weighted by molar-refractivity contribution is 0.386. The van der Waals surface area contributed by atoms with Gasteiger partial charge in [0.25, 0.3) is 0 Å². The number of hydrogen-bond acceptors (Lipinski definition) is 4. The van der Waals surface area contributed by atoms with Gasteiger partial charge in [-0.2, -0.15) is 5.10 Å². The largest absolute Gasteiger partial charge is 0.361 e. The zero-order valence-corrected chi connectivity index (χ0v) is 12.2. The van der Waals surface area contributed by atoms with Crippen LogP contribution in [0, 0.1) is 6.92 Å². The zero-order valence-electron chi connectivity index (χ0n) is 12.2. The second-order valence-corrected chi connectivity index (χ2v) is 5.08. The molecule has 0 saturated carbocycles. The van der Waals surface area contributed by atoms with Gasteiger partial charge in [0.15, 0.2) is 0 Å². The van der Waals surface area contributed by atoms with Crippen LogP contribution in [0.5, 0.6) is 0 Å². The average Bonchev–Trinajstić information content (AvgIpc) is 3.16. The lowest BCUT2D eigenvalue weighted by Gasteiger charge is -2.14. The topological polar surface area (TPSA) is 55.9 Å². The van der Waals surface area contributed by atoms with Gasteiger partial charge in [-0.15, -0.1) is 0 Å². The lowest BCUT2D eigenvalue weighted by atomic mass is 10.1. The molecule has 0 saturated heterocycles. The van der Waals surface area contributed by atoms with Gasteiger partial charge < -0.3 is 9.84 Å². The van der Waals surface area contributed by atoms with Crippen LogP contribution in [-0.4, -0.2) is 14.9 Å². The van der Waals surface area contributed by atoms with Crippen molar-refractivity contribution < 1.29 is 4.52 Å². The molecular formula is C16H18N4O. The number of aryl methyl sites for hydroxylation is 1. The Balaban J connectivity index is 1.69. The van der Waals surface area contributed by atoms with Crippen LogP contribution in [0.1, 0.15) is 30.0 Å². The molecule has 3 rings (SSSR count). The number of benzene rings is 1. The molecule has 3 aromatic rings. The van der Waals surface area contributed by atoms with Gasteiger partial charge in [0.1, 0.15) is 5.76 Å². The number of rotatable bonds is 5. The van der Waals surface area contributed by atoms with Crippen molar-refractivity contribution in [3.63, 3.8) is 0 Å². The summed E-state index contributed by atoms with van der Waals surface area (Å²) in [5.41, 5.74) is 3.19. The molecule has 0 spiro atoms. The molecular weight excluding hydrogens is 264 g/mol. The van der Waals surface area contributed by atoms with Gasteiger partial charge in [-0.05, 0) is 37.6 Å². The van der Waals surface area contributed by atoms with Crippen LogP contribution in [-0.2, 0) is 6.54 Å². The van der Waals surface area contributed by atoms with Gasteiger partial charge in [0.05, 0.1) is 11.4 Å². The molecule has 1 unspecified atom stereocenters. The van der Waals surface area contributed by atoms with Crippen LogP contribution in [0.3, 0.4) is 0 Å². The monoisotopic (exact) mass is 282 g/mol. The van der Waals surface area contributed by atoms with Crippen molar-refractivity contribution in [3.05, 3.63) is 65.8 Å². The van der Waals surface area contributed by atoms with Crippen molar-refractivity contribution in [1.29, 1.82) is 0 Å². The summed E-state index contributed by atoms with van der Waals surface area (Å²) < 4.78 is 6.93. The van der Waals surface area contributed by atoms with E-state index in [-0.39, 0.29) is 6.04 Å². The van der Waals surface area contributed by atoms with Crippen molar-refractivity contribution >= 4 is 0 Å². The molecule has 2 heterocycles. The summed E-state index contributed by atoms with van der Waals surface area (Å²) in [5.74, 6) is 0.833. The van der Waals surface area contributed by atoms with E-state index in [2.05, 4.69) is 34.6 Å². The summed E-state index contributed by atoms with van der Waals surface area (Å²) in [6.45, 7) is 4.72. The average molecular weight is 282 g/mol. The fourth-order valence-corrected chi connectivity index (χ4v) is 2.23. The van der Waals surface area contributed by atoms with E-state index in [0.717, 1.165) is 17.1 Å². The molecule has 1 N–H and O–H groups in total. The Morgan fingerprint density at radius 2 is 2.19 bits per heavy atom. The maximum absolute atomic E-state index is 5.07. The Morgan fingerprint density at radius 1 is 1.29 bits per heavy atom. The molecule has 5 nitrogen and oxygen atoms in total. The predicted molar refractivity (Wildman–Crippen MR) is 80.1 cm³/mol. The molecule has 21 heavy (non-hydrogen) atoms. The second kappa shape index (κ2) is 5.93. The third-order valence-electron chi connectivity index (χ3n) is 3.41. The van der Waals surface area contributed by atoms with Gasteiger partial charge in [0.2, 0.25) is 0 Å². The maximum Gasteiger partial charge on any atom is 0.133 e. The van der Waals surface area contributed by atoms with E-state index >= 15 is 0 Å². The second-order valence-electron chi connectivity index (χ2n) is 5.08. The summed E-state index contributed by atoms with van der Waals surface area (Å²) in [6, 6.07) is 12.4. The van der Waals surface area contributed by atoms with E-state index in [4.69, 9.17) is 4.52 Å². The van der Waals surface area contributed by atoms with Crippen LogP contribution in [0.2, 0.25) is 0 Å². The molecule has 0 fully saturated rings. The Hall–Kier alpha value is -2.40. The summed E-state index contributed by atoms with van der Waals surface area (Å²) >= 11 is 0. The van der Waals surface area contributed by atoms with E-state index in [1.165, 1.54) is 5.56 Å². The van der Waals surface area contributed by atoms with Gasteiger partial charge in [0, 0.05) is 31.0 Å². The molecule has 1 aromatic carbocycles. The zero-order chi connectivity index (χ0) is 14.7. The minimum absolute atomic E-state index is 0.220. The van der Waals surface area contributed by atoms with Crippen molar-refractivity contribution in [2.24, 2.45) is 0 Å². The lowest BCUT2D eigenvalue weighted by Crippen LogP contribution is -2.18. The normalized spacial score (nSPS) is 12.5. The van der Waals surface area contributed by atoms with Crippen LogP contribution in [0.4, 0.5) is 0 Å². The highest BCUT2D eigenvalue weighted by molar-refractivity contribution is 5.36. The molecule has 108 valence electrons. The molecule has 0 radical (unpaired) electrons. The van der Waals surface area contributed by atoms with Crippen molar-refractivity contribution in [1.82, 2.24) is 20.3 Å². The maximum atomic E-state index is 5.07. The Morgan fingerprint density at radius 3 is 2.90 bits per heavy atom. The van der Waals surface area contributed by atoms with Gasteiger partial charge in [-0.1, -0.05) is 17.3 Å². The predicted octanol–water partition coefficient (Wildman–Crippen LogP) is 3.02. The first-order chi connectivity index (χ1) is 10.2. The third kappa shape index (κ3) is 3.20. The molecule has 0 aliphatic heterocycles. The molecule has 0 aliphatic carbocycles. The summed E-state index contributed by atoms with van der Waals surface area (Å²) in [7, 11) is 0. The quantitative estimate of drug-likeness (QED) is 0.781. The first kappa shape index (κ1) is 13.6. The summed E-state index contributed by atoms with van der Waals surface area (Å²) in [6.07, 6.45) is 3.72. The highest BCUT2D eigenvalue weighted by atomic mass is 16.5. The molecule has 5 heteroatoms. The third-order valence-corrected chi connectivity index (χ3v) is 3.41. The van der Waals surface area contributed by atoms with Gasteiger partial charge >= 0.3 is 0 Å². The van der Waals surface area contributed by atoms with E-state index in [0.29, 0.717) is 6.54 Å². The van der Waals surface area contributed by atoms with E-state index in [9.17, 15) is 0 Å². The van der Waals surface area contributed by atoms with Crippen molar-refractivity contribution in [2.75, 3.05) is 0 Å². The Kier molecular flexibility index (Phi) is 3.83. The SMILES string of the molecule is Cc1cc(CNC(C)c2cccc(-n3cccn3)c2)no1. The van der Waals surface area contributed by atoms with Gasteiger partial charge in [-0.3, -0.25) is 0 Å².